The first kappa shape index (κ1) is 19.5. The highest BCUT2D eigenvalue weighted by Crippen LogP contribution is 2.19. The van der Waals surface area contributed by atoms with E-state index in [0.717, 1.165) is 18.4 Å². The largest absolute Gasteiger partial charge is 0.450 e. The summed E-state index contributed by atoms with van der Waals surface area (Å²) in [4.78, 5) is 33.9. The van der Waals surface area contributed by atoms with Crippen molar-refractivity contribution >= 4 is 17.8 Å². The lowest BCUT2D eigenvalue weighted by Gasteiger charge is -2.22. The van der Waals surface area contributed by atoms with Gasteiger partial charge in [-0.3, -0.25) is 4.79 Å². The third-order valence-corrected chi connectivity index (χ3v) is 3.18. The van der Waals surface area contributed by atoms with E-state index in [-0.39, 0.29) is 11.8 Å². The lowest BCUT2D eigenvalue weighted by atomic mass is 9.94. The Morgan fingerprint density at radius 3 is 2.88 bits per heavy atom. The number of esters is 1. The molecule has 0 spiro atoms. The maximum absolute atomic E-state index is 11.7. The molecule has 0 fully saturated rings. The zero-order chi connectivity index (χ0) is 17.9. The van der Waals surface area contributed by atoms with E-state index < -0.39 is 18.2 Å². The third kappa shape index (κ3) is 8.18. The van der Waals surface area contributed by atoms with Gasteiger partial charge in [-0.2, -0.15) is 0 Å². The number of nitrogens with one attached hydrogen (secondary N) is 1. The van der Waals surface area contributed by atoms with Crippen LogP contribution in [-0.2, 0) is 19.1 Å². The summed E-state index contributed by atoms with van der Waals surface area (Å²) in [5, 5.41) is 2.79. The van der Waals surface area contributed by atoms with Crippen LogP contribution in [0.15, 0.2) is 23.8 Å². The van der Waals surface area contributed by atoms with Gasteiger partial charge in [0.2, 0.25) is 5.78 Å². The molecule has 0 aliphatic heterocycles. The van der Waals surface area contributed by atoms with Crippen LogP contribution in [0.3, 0.4) is 0 Å². The van der Waals surface area contributed by atoms with Crippen molar-refractivity contribution in [1.82, 2.24) is 5.32 Å². The predicted molar refractivity (Wildman–Crippen MR) is 89.0 cm³/mol. The lowest BCUT2D eigenvalue weighted by Crippen LogP contribution is -2.36. The number of carbonyl (C=O) groups is 3. The highest BCUT2D eigenvalue weighted by Gasteiger charge is 2.17. The molecule has 1 aliphatic rings. The zero-order valence-corrected chi connectivity index (χ0v) is 14.3. The number of allylic oxidation sites excluding steroid dienone is 2. The summed E-state index contributed by atoms with van der Waals surface area (Å²) in [6, 6.07) is -0.00919. The molecule has 0 aromatic carbocycles. The number of carbonyl (C=O) groups excluding carboxylic acids is 3. The minimum absolute atomic E-state index is 0.00919. The molecule has 0 heterocycles. The molecule has 0 bridgehead atoms. The first-order chi connectivity index (χ1) is 11.4. The van der Waals surface area contributed by atoms with Gasteiger partial charge in [0.25, 0.3) is 0 Å². The van der Waals surface area contributed by atoms with E-state index in [1.165, 1.54) is 13.0 Å². The fourth-order valence-corrected chi connectivity index (χ4v) is 2.16. The topological polar surface area (TPSA) is 81.7 Å². The van der Waals surface area contributed by atoms with Gasteiger partial charge in [-0.25, -0.2) is 9.59 Å². The van der Waals surface area contributed by atoms with Gasteiger partial charge in [-0.05, 0) is 44.6 Å². The van der Waals surface area contributed by atoms with Gasteiger partial charge >= 0.3 is 12.1 Å². The SMILES string of the molecule is CCOC(=O)N[C@H]1CCC=C(/C=C/C(=O)O[C@H](C)C#CC(C)=O)C1. The molecule has 0 unspecified atom stereocenters. The van der Waals surface area contributed by atoms with Crippen molar-refractivity contribution in [2.24, 2.45) is 0 Å². The molecular formula is C18H23NO5. The molecule has 2 atom stereocenters. The highest BCUT2D eigenvalue weighted by molar-refractivity contribution is 5.93. The van der Waals surface area contributed by atoms with Crippen molar-refractivity contribution in [3.63, 3.8) is 0 Å². The zero-order valence-electron chi connectivity index (χ0n) is 14.3. The van der Waals surface area contributed by atoms with Crippen LogP contribution in [0.25, 0.3) is 0 Å². The quantitative estimate of drug-likeness (QED) is 0.361. The Kier molecular flexibility index (Phi) is 8.34. The van der Waals surface area contributed by atoms with E-state index in [1.54, 1.807) is 19.9 Å². The Bertz CT molecular complexity index is 594. The first-order valence-corrected chi connectivity index (χ1v) is 7.93. The summed E-state index contributed by atoms with van der Waals surface area (Å²) < 4.78 is 9.91. The summed E-state index contributed by atoms with van der Waals surface area (Å²) in [5.41, 5.74) is 0.947. The molecule has 0 saturated heterocycles. The fourth-order valence-electron chi connectivity index (χ4n) is 2.16. The van der Waals surface area contributed by atoms with Crippen molar-refractivity contribution < 1.29 is 23.9 Å². The molecule has 0 aromatic heterocycles. The fraction of sp³-hybridized carbons (Fsp3) is 0.500. The standard InChI is InChI=1S/C18H23NO5/c1-4-23-18(22)19-16-7-5-6-15(12-16)10-11-17(21)24-14(3)9-8-13(2)20/h6,10-11,14,16H,4-5,7,12H2,1-3H3,(H,19,22)/b11-10+/t14-,16+/m1/s1. The van der Waals surface area contributed by atoms with Crippen LogP contribution in [0.1, 0.15) is 40.0 Å². The molecule has 1 amide bonds. The normalized spacial score (nSPS) is 18.0. The maximum atomic E-state index is 11.7. The number of Topliss-reactive ketones (excluding diaryl/α,β-unsaturated/α-hetero) is 1. The predicted octanol–water partition coefficient (Wildman–Crippen LogP) is 2.29. The third-order valence-electron chi connectivity index (χ3n) is 3.18. The summed E-state index contributed by atoms with van der Waals surface area (Å²) >= 11 is 0. The van der Waals surface area contributed by atoms with Crippen LogP contribution in [0.2, 0.25) is 0 Å². The minimum Gasteiger partial charge on any atom is -0.450 e. The Labute approximate surface area is 142 Å². The van der Waals surface area contributed by atoms with E-state index >= 15 is 0 Å². The van der Waals surface area contributed by atoms with Crippen LogP contribution in [0.4, 0.5) is 4.79 Å². The maximum Gasteiger partial charge on any atom is 0.407 e. The Morgan fingerprint density at radius 2 is 2.21 bits per heavy atom. The minimum atomic E-state index is -0.649. The van der Waals surface area contributed by atoms with Crippen molar-refractivity contribution in [3.05, 3.63) is 23.8 Å². The number of ketones is 1. The summed E-state index contributed by atoms with van der Waals surface area (Å²) in [7, 11) is 0. The van der Waals surface area contributed by atoms with E-state index in [1.807, 2.05) is 6.08 Å². The van der Waals surface area contributed by atoms with Gasteiger partial charge in [-0.1, -0.05) is 18.1 Å². The molecular weight excluding hydrogens is 310 g/mol. The molecule has 0 saturated carbocycles. The monoisotopic (exact) mass is 333 g/mol. The molecule has 130 valence electrons. The van der Waals surface area contributed by atoms with Gasteiger partial charge in [0, 0.05) is 19.0 Å². The first-order valence-electron chi connectivity index (χ1n) is 7.93. The van der Waals surface area contributed by atoms with Gasteiger partial charge in [0.05, 0.1) is 6.61 Å². The van der Waals surface area contributed by atoms with E-state index in [2.05, 4.69) is 17.2 Å². The van der Waals surface area contributed by atoms with Crippen LogP contribution in [0.5, 0.6) is 0 Å². The van der Waals surface area contributed by atoms with Gasteiger partial charge in [0.1, 0.15) is 0 Å². The second-order valence-corrected chi connectivity index (χ2v) is 5.36. The van der Waals surface area contributed by atoms with Crippen LogP contribution in [0, 0.1) is 11.8 Å². The molecule has 1 rings (SSSR count). The van der Waals surface area contributed by atoms with Crippen LogP contribution >= 0.6 is 0 Å². The van der Waals surface area contributed by atoms with Crippen molar-refractivity contribution in [3.8, 4) is 11.8 Å². The van der Waals surface area contributed by atoms with E-state index in [9.17, 15) is 14.4 Å². The van der Waals surface area contributed by atoms with Crippen molar-refractivity contribution in [1.29, 1.82) is 0 Å². The molecule has 6 nitrogen and oxygen atoms in total. The van der Waals surface area contributed by atoms with Gasteiger partial charge in [0.15, 0.2) is 6.10 Å². The van der Waals surface area contributed by atoms with E-state index in [4.69, 9.17) is 9.47 Å². The molecule has 1 aliphatic carbocycles. The van der Waals surface area contributed by atoms with E-state index in [0.29, 0.717) is 13.0 Å². The molecule has 0 radical (unpaired) electrons. The average molecular weight is 333 g/mol. The molecule has 0 aromatic rings. The number of hydrogen-bond acceptors (Lipinski definition) is 5. The lowest BCUT2D eigenvalue weighted by molar-refractivity contribution is -0.139. The van der Waals surface area contributed by atoms with Gasteiger partial charge < -0.3 is 14.8 Å². The highest BCUT2D eigenvalue weighted by atomic mass is 16.5. The van der Waals surface area contributed by atoms with Crippen LogP contribution < -0.4 is 5.32 Å². The summed E-state index contributed by atoms with van der Waals surface area (Å²) in [6.07, 6.45) is 6.21. The number of alkyl carbamates (subject to hydrolysis) is 1. The molecule has 1 N–H and O–H groups in total. The number of ether oxygens (including phenoxy) is 2. The average Bonchev–Trinajstić information content (AvgIpc) is 2.51. The van der Waals surface area contributed by atoms with Gasteiger partial charge in [-0.15, -0.1) is 0 Å². The summed E-state index contributed by atoms with van der Waals surface area (Å²) in [5.74, 6) is 4.07. The Morgan fingerprint density at radius 1 is 1.46 bits per heavy atom. The Balaban J connectivity index is 2.47. The van der Waals surface area contributed by atoms with Crippen molar-refractivity contribution in [2.45, 2.75) is 52.2 Å². The van der Waals surface area contributed by atoms with Crippen LogP contribution in [-0.4, -0.2) is 36.6 Å². The number of amides is 1. The molecule has 24 heavy (non-hydrogen) atoms. The Hall–Kier alpha value is -2.55. The van der Waals surface area contributed by atoms with Crippen molar-refractivity contribution in [2.75, 3.05) is 6.61 Å². The molecule has 6 heteroatoms. The second kappa shape index (κ2) is 10.3. The smallest absolute Gasteiger partial charge is 0.407 e. The second-order valence-electron chi connectivity index (χ2n) is 5.36. The number of hydrogen-bond donors (Lipinski definition) is 1. The summed E-state index contributed by atoms with van der Waals surface area (Å²) in [6.45, 7) is 5.03. The number of rotatable bonds is 5.